The van der Waals surface area contributed by atoms with Crippen LogP contribution in [0.2, 0.25) is 10.0 Å². The summed E-state index contributed by atoms with van der Waals surface area (Å²) in [4.78, 5) is 22.3. The van der Waals surface area contributed by atoms with Gasteiger partial charge in [0.05, 0.1) is 33.3 Å². The van der Waals surface area contributed by atoms with E-state index in [9.17, 15) is 14.9 Å². The number of halogens is 2. The molecule has 0 aliphatic heterocycles. The number of carbonyl (C=O) groups excluding carboxylic acids is 1. The Labute approximate surface area is 158 Å². The first-order valence-electron chi connectivity index (χ1n) is 7.29. The normalized spacial score (nSPS) is 11.0. The van der Waals surface area contributed by atoms with Crippen molar-refractivity contribution in [2.24, 2.45) is 5.10 Å². The van der Waals surface area contributed by atoms with Crippen molar-refractivity contribution < 1.29 is 19.2 Å². The molecule has 0 heterocycles. The van der Waals surface area contributed by atoms with Crippen molar-refractivity contribution in [3.05, 3.63) is 62.6 Å². The number of esters is 1. The molecule has 0 aliphatic carbocycles. The topological polar surface area (TPSA) is 103 Å². The van der Waals surface area contributed by atoms with Crippen molar-refractivity contribution in [3.8, 4) is 5.75 Å². The number of ether oxygens (including phenoxy) is 2. The second-order valence-corrected chi connectivity index (χ2v) is 5.52. The Morgan fingerprint density at radius 3 is 2.50 bits per heavy atom. The standard InChI is InChI=1S/C16H13Cl2N3O5/c1-2-25-16(22)15(20-19-14-12(17)7-4-8-13(14)18)26-11-6-3-5-10(9-11)21(23)24/h3-9,19H,2H2,1H3/b20-15+. The highest BCUT2D eigenvalue weighted by atomic mass is 35.5. The average molecular weight is 398 g/mol. The van der Waals surface area contributed by atoms with Crippen molar-refractivity contribution in [2.45, 2.75) is 6.92 Å². The Morgan fingerprint density at radius 2 is 1.88 bits per heavy atom. The summed E-state index contributed by atoms with van der Waals surface area (Å²) < 4.78 is 10.2. The van der Waals surface area contributed by atoms with Crippen LogP contribution < -0.4 is 10.2 Å². The number of hydrogen-bond acceptors (Lipinski definition) is 7. The van der Waals surface area contributed by atoms with Gasteiger partial charge in [-0.05, 0) is 25.1 Å². The summed E-state index contributed by atoms with van der Waals surface area (Å²) in [6, 6.07) is 10.1. The molecule has 0 saturated carbocycles. The molecule has 2 aromatic rings. The van der Waals surface area contributed by atoms with Crippen LogP contribution in [-0.2, 0) is 9.53 Å². The Morgan fingerprint density at radius 1 is 1.23 bits per heavy atom. The number of nitro groups is 1. The Balaban J connectivity index is 2.30. The van der Waals surface area contributed by atoms with E-state index in [0.29, 0.717) is 0 Å². The molecule has 0 spiro atoms. The summed E-state index contributed by atoms with van der Waals surface area (Å²) in [6.45, 7) is 1.70. The van der Waals surface area contributed by atoms with Crippen molar-refractivity contribution in [1.29, 1.82) is 0 Å². The van der Waals surface area contributed by atoms with Gasteiger partial charge in [-0.3, -0.25) is 15.5 Å². The van der Waals surface area contributed by atoms with Crippen molar-refractivity contribution >= 4 is 46.4 Å². The fourth-order valence-corrected chi connectivity index (χ4v) is 2.27. The van der Waals surface area contributed by atoms with Gasteiger partial charge in [0.25, 0.3) is 5.69 Å². The number of nitrogens with zero attached hydrogens (tertiary/aromatic N) is 2. The second-order valence-electron chi connectivity index (χ2n) is 4.70. The molecule has 0 aromatic heterocycles. The van der Waals surface area contributed by atoms with Crippen LogP contribution in [0.5, 0.6) is 5.75 Å². The summed E-state index contributed by atoms with van der Waals surface area (Å²) in [7, 11) is 0. The third-order valence-electron chi connectivity index (χ3n) is 2.93. The summed E-state index contributed by atoms with van der Waals surface area (Å²) in [6.07, 6.45) is 0. The zero-order valence-electron chi connectivity index (χ0n) is 13.4. The van der Waals surface area contributed by atoms with E-state index in [4.69, 9.17) is 32.7 Å². The molecule has 1 N–H and O–H groups in total. The first kappa shape index (κ1) is 19.5. The molecule has 2 rings (SSSR count). The number of benzene rings is 2. The lowest BCUT2D eigenvalue weighted by Crippen LogP contribution is -2.24. The maximum atomic E-state index is 12.0. The van der Waals surface area contributed by atoms with Crippen LogP contribution in [0.25, 0.3) is 0 Å². The number of para-hydroxylation sites is 1. The Kier molecular flexibility index (Phi) is 6.76. The van der Waals surface area contributed by atoms with E-state index < -0.39 is 16.8 Å². The molecule has 26 heavy (non-hydrogen) atoms. The summed E-state index contributed by atoms with van der Waals surface area (Å²) >= 11 is 12.0. The van der Waals surface area contributed by atoms with Gasteiger partial charge in [-0.15, -0.1) is 5.10 Å². The minimum Gasteiger partial charge on any atom is -0.459 e. The van der Waals surface area contributed by atoms with Gasteiger partial charge >= 0.3 is 11.9 Å². The molecule has 8 nitrogen and oxygen atoms in total. The van der Waals surface area contributed by atoms with Crippen molar-refractivity contribution in [1.82, 2.24) is 0 Å². The Hall–Kier alpha value is -2.84. The molecular formula is C16H13Cl2N3O5. The van der Waals surface area contributed by atoms with Gasteiger partial charge in [-0.1, -0.05) is 35.3 Å². The smallest absolute Gasteiger partial charge is 0.396 e. The molecule has 136 valence electrons. The largest absolute Gasteiger partial charge is 0.459 e. The highest BCUT2D eigenvalue weighted by molar-refractivity contribution is 6.39. The number of nitro benzene ring substituents is 1. The van der Waals surface area contributed by atoms with Crippen molar-refractivity contribution in [2.75, 3.05) is 12.0 Å². The number of carbonyl (C=O) groups is 1. The lowest BCUT2D eigenvalue weighted by atomic mass is 10.3. The molecule has 0 atom stereocenters. The van der Waals surface area contributed by atoms with Gasteiger partial charge in [-0.25, -0.2) is 4.79 Å². The molecule has 10 heteroatoms. The van der Waals surface area contributed by atoms with Gasteiger partial charge in [0.2, 0.25) is 0 Å². The predicted molar refractivity (Wildman–Crippen MR) is 97.9 cm³/mol. The predicted octanol–water partition coefficient (Wildman–Crippen LogP) is 4.27. The number of hydrazone groups is 1. The van der Waals surface area contributed by atoms with Gasteiger partial charge in [0, 0.05) is 6.07 Å². The molecule has 2 aromatic carbocycles. The summed E-state index contributed by atoms with van der Waals surface area (Å²) in [5.41, 5.74) is 2.61. The van der Waals surface area contributed by atoms with Crippen molar-refractivity contribution in [3.63, 3.8) is 0 Å². The molecule has 0 bridgehead atoms. The lowest BCUT2D eigenvalue weighted by Gasteiger charge is -2.10. The van der Waals surface area contributed by atoms with E-state index in [1.165, 1.54) is 18.2 Å². The van der Waals surface area contributed by atoms with E-state index >= 15 is 0 Å². The fourth-order valence-electron chi connectivity index (χ4n) is 1.79. The van der Waals surface area contributed by atoms with Crippen LogP contribution in [0.4, 0.5) is 11.4 Å². The van der Waals surface area contributed by atoms with E-state index in [1.54, 1.807) is 25.1 Å². The average Bonchev–Trinajstić information content (AvgIpc) is 2.60. The molecule has 0 fully saturated rings. The van der Waals surface area contributed by atoms with Crippen LogP contribution >= 0.6 is 23.2 Å². The molecular weight excluding hydrogens is 385 g/mol. The monoisotopic (exact) mass is 397 g/mol. The van der Waals surface area contributed by atoms with Gasteiger partial charge in [0.15, 0.2) is 0 Å². The zero-order valence-corrected chi connectivity index (χ0v) is 15.0. The van der Waals surface area contributed by atoms with Gasteiger partial charge in [0.1, 0.15) is 5.75 Å². The third-order valence-corrected chi connectivity index (χ3v) is 3.55. The van der Waals surface area contributed by atoms with E-state index in [2.05, 4.69) is 10.5 Å². The molecule has 0 saturated heterocycles. The summed E-state index contributed by atoms with van der Waals surface area (Å²) in [5.74, 6) is -1.30. The SMILES string of the molecule is CCOC(=O)/C(=N\Nc1c(Cl)cccc1Cl)Oc1cccc([N+](=O)[O-])c1. The minimum absolute atomic E-state index is 0.0399. The Bertz CT molecular complexity index is 837. The quantitative estimate of drug-likeness (QED) is 0.265. The lowest BCUT2D eigenvalue weighted by molar-refractivity contribution is -0.384. The van der Waals surface area contributed by atoms with Gasteiger partial charge < -0.3 is 9.47 Å². The molecule has 0 aliphatic rings. The second kappa shape index (κ2) is 9.02. The third kappa shape index (κ3) is 5.08. The number of hydrogen-bond donors (Lipinski definition) is 1. The van der Waals surface area contributed by atoms with E-state index in [0.717, 1.165) is 6.07 Å². The van der Waals surface area contributed by atoms with Crippen LogP contribution in [-0.4, -0.2) is 23.4 Å². The maximum Gasteiger partial charge on any atom is 0.396 e. The van der Waals surface area contributed by atoms with Crippen LogP contribution in [0.3, 0.4) is 0 Å². The van der Waals surface area contributed by atoms with Gasteiger partial charge in [-0.2, -0.15) is 0 Å². The number of non-ortho nitro benzene ring substituents is 1. The first-order valence-corrected chi connectivity index (χ1v) is 8.05. The number of nitrogens with one attached hydrogen (secondary N) is 1. The molecule has 0 unspecified atom stereocenters. The van der Waals surface area contributed by atoms with Crippen LogP contribution in [0.1, 0.15) is 6.92 Å². The highest BCUT2D eigenvalue weighted by Gasteiger charge is 2.18. The number of anilines is 1. The molecule has 0 amide bonds. The van der Waals surface area contributed by atoms with Crippen LogP contribution in [0.15, 0.2) is 47.6 Å². The fraction of sp³-hybridized carbons (Fsp3) is 0.125. The maximum absolute atomic E-state index is 12.0. The summed E-state index contributed by atoms with van der Waals surface area (Å²) in [5, 5.41) is 15.2. The molecule has 0 radical (unpaired) electrons. The first-order chi connectivity index (χ1) is 12.4. The van der Waals surface area contributed by atoms with Crippen LogP contribution in [0, 0.1) is 10.1 Å². The highest BCUT2D eigenvalue weighted by Crippen LogP contribution is 2.29. The zero-order chi connectivity index (χ0) is 19.1. The van der Waals surface area contributed by atoms with E-state index in [-0.39, 0.29) is 33.8 Å². The van der Waals surface area contributed by atoms with E-state index in [1.807, 2.05) is 0 Å². The minimum atomic E-state index is -0.866. The number of rotatable bonds is 5.